The second-order valence-electron chi connectivity index (χ2n) is 7.18. The summed E-state index contributed by atoms with van der Waals surface area (Å²) in [4.78, 5) is 30.6. The number of ketones is 2. The molecule has 1 fully saturated rings. The maximum atomic E-state index is 13.1. The van der Waals surface area contributed by atoms with Crippen molar-refractivity contribution in [3.05, 3.63) is 74.7 Å². The Labute approximate surface area is 176 Å². The molecule has 2 aliphatic rings. The average Bonchev–Trinajstić information content (AvgIpc) is 3.18. The van der Waals surface area contributed by atoms with Crippen molar-refractivity contribution >= 4 is 34.5 Å². The van der Waals surface area contributed by atoms with Crippen LogP contribution in [0.15, 0.2) is 48.7 Å². The molecule has 5 nitrogen and oxygen atoms in total. The molecule has 2 heterocycles. The van der Waals surface area contributed by atoms with Gasteiger partial charge in [0.25, 0.3) is 0 Å². The number of nitrogens with zero attached hydrogens (tertiary/aromatic N) is 1. The first-order valence-electron chi connectivity index (χ1n) is 9.24. The normalized spacial score (nSPS) is 15.9. The summed E-state index contributed by atoms with van der Waals surface area (Å²) in [7, 11) is 0. The predicted molar refractivity (Wildman–Crippen MR) is 109 cm³/mol. The molecule has 0 radical (unpaired) electrons. The van der Waals surface area contributed by atoms with E-state index in [1.54, 1.807) is 24.3 Å². The van der Waals surface area contributed by atoms with E-state index in [1.165, 1.54) is 17.5 Å². The molecule has 2 aromatic carbocycles. The summed E-state index contributed by atoms with van der Waals surface area (Å²) in [6.45, 7) is 0.209. The highest BCUT2D eigenvalue weighted by Crippen LogP contribution is 2.51. The van der Waals surface area contributed by atoms with Crippen LogP contribution in [0.2, 0.25) is 5.02 Å². The van der Waals surface area contributed by atoms with Gasteiger partial charge in [0.15, 0.2) is 11.5 Å². The van der Waals surface area contributed by atoms with E-state index in [0.717, 1.165) is 18.4 Å². The second kappa shape index (κ2) is 6.97. The lowest BCUT2D eigenvalue weighted by Crippen LogP contribution is -2.22. The summed E-state index contributed by atoms with van der Waals surface area (Å²) in [6.07, 6.45) is 3.35. The highest BCUT2D eigenvalue weighted by Gasteiger charge is 2.51. The van der Waals surface area contributed by atoms with Crippen LogP contribution in [0.3, 0.4) is 0 Å². The van der Waals surface area contributed by atoms with Crippen LogP contribution in [0, 0.1) is 0 Å². The van der Waals surface area contributed by atoms with Crippen molar-refractivity contribution < 1.29 is 19.1 Å². The molecule has 0 saturated heterocycles. The number of rotatable bonds is 6. The van der Waals surface area contributed by atoms with Gasteiger partial charge in [-0.1, -0.05) is 29.8 Å². The van der Waals surface area contributed by atoms with Crippen molar-refractivity contribution in [3.63, 3.8) is 0 Å². The molecule has 0 N–H and O–H groups in total. The fourth-order valence-corrected chi connectivity index (χ4v) is 4.72. The van der Waals surface area contributed by atoms with Gasteiger partial charge >= 0.3 is 0 Å². The Hall–Kier alpha value is -2.70. The van der Waals surface area contributed by atoms with Gasteiger partial charge in [0.1, 0.15) is 10.8 Å². The number of fused-ring (bicyclic) bond motifs is 1. The van der Waals surface area contributed by atoms with E-state index in [1.807, 2.05) is 18.2 Å². The number of aromatic nitrogens is 1. The number of benzene rings is 2. The Morgan fingerprint density at radius 2 is 1.90 bits per heavy atom. The van der Waals surface area contributed by atoms with Crippen LogP contribution in [0.4, 0.5) is 0 Å². The van der Waals surface area contributed by atoms with Gasteiger partial charge in [0.2, 0.25) is 12.6 Å². The lowest BCUT2D eigenvalue weighted by Gasteiger charge is -2.14. The Balaban J connectivity index is 1.34. The predicted octanol–water partition coefficient (Wildman–Crippen LogP) is 4.60. The summed E-state index contributed by atoms with van der Waals surface area (Å²) in [5, 5.41) is 1.04. The zero-order valence-electron chi connectivity index (χ0n) is 15.3. The molecule has 29 heavy (non-hydrogen) atoms. The lowest BCUT2D eigenvalue weighted by atomic mass is 9.89. The van der Waals surface area contributed by atoms with E-state index >= 15 is 0 Å². The summed E-state index contributed by atoms with van der Waals surface area (Å²) in [5.74, 6) is 1.33. The molecular formula is C22H16ClNO4S. The molecule has 0 spiro atoms. The molecule has 0 amide bonds. The van der Waals surface area contributed by atoms with Crippen LogP contribution in [0.1, 0.15) is 38.6 Å². The van der Waals surface area contributed by atoms with Gasteiger partial charge in [-0.3, -0.25) is 9.59 Å². The molecule has 7 heteroatoms. The van der Waals surface area contributed by atoms with Crippen LogP contribution in [-0.2, 0) is 16.6 Å². The summed E-state index contributed by atoms with van der Waals surface area (Å²) < 4.78 is 10.8. The van der Waals surface area contributed by atoms with Crippen molar-refractivity contribution in [2.75, 3.05) is 6.79 Å². The smallest absolute Gasteiger partial charge is 0.231 e. The topological polar surface area (TPSA) is 65.5 Å². The number of carbonyl (C=O) groups excluding carboxylic acids is 2. The number of hydrogen-bond acceptors (Lipinski definition) is 6. The largest absolute Gasteiger partial charge is 0.454 e. The molecule has 3 aromatic rings. The number of ether oxygens (including phenoxy) is 2. The molecule has 1 aliphatic carbocycles. The third-order valence-corrected chi connectivity index (χ3v) is 6.74. The van der Waals surface area contributed by atoms with Crippen LogP contribution < -0.4 is 9.47 Å². The molecule has 5 rings (SSSR count). The van der Waals surface area contributed by atoms with Gasteiger partial charge in [-0.25, -0.2) is 4.98 Å². The van der Waals surface area contributed by atoms with Crippen molar-refractivity contribution in [1.29, 1.82) is 0 Å². The fourth-order valence-electron chi connectivity index (χ4n) is 3.63. The Morgan fingerprint density at radius 3 is 2.69 bits per heavy atom. The molecule has 1 saturated carbocycles. The van der Waals surface area contributed by atoms with Crippen LogP contribution >= 0.6 is 22.9 Å². The van der Waals surface area contributed by atoms with Crippen molar-refractivity contribution in [2.24, 2.45) is 0 Å². The van der Waals surface area contributed by atoms with Gasteiger partial charge in [-0.2, -0.15) is 0 Å². The quantitative estimate of drug-likeness (QED) is 0.540. The first-order valence-corrected chi connectivity index (χ1v) is 10.4. The van der Waals surface area contributed by atoms with E-state index in [9.17, 15) is 9.59 Å². The zero-order chi connectivity index (χ0) is 20.0. The third kappa shape index (κ3) is 3.22. The maximum Gasteiger partial charge on any atom is 0.231 e. The Morgan fingerprint density at radius 1 is 1.10 bits per heavy atom. The minimum absolute atomic E-state index is 0.113. The minimum atomic E-state index is -0.487. The average molecular weight is 426 g/mol. The van der Waals surface area contributed by atoms with Crippen LogP contribution in [0.25, 0.3) is 0 Å². The summed E-state index contributed by atoms with van der Waals surface area (Å²) in [6, 6.07) is 12.6. The first kappa shape index (κ1) is 18.3. The monoisotopic (exact) mass is 425 g/mol. The highest BCUT2D eigenvalue weighted by atomic mass is 35.5. The van der Waals surface area contributed by atoms with Gasteiger partial charge in [0, 0.05) is 11.8 Å². The molecule has 0 atom stereocenters. The van der Waals surface area contributed by atoms with E-state index in [-0.39, 0.29) is 24.8 Å². The first-order chi connectivity index (χ1) is 14.1. The van der Waals surface area contributed by atoms with Crippen molar-refractivity contribution in [3.8, 4) is 11.5 Å². The standard InChI is InChI=1S/C22H16ClNO4S/c23-15-4-2-1-3-14(15)21(26)18-11-24-20(29-18)10-19(25)22(7-8-22)13-5-6-16-17(9-13)28-12-27-16/h1-6,9,11H,7-8,10,12H2. The van der Waals surface area contributed by atoms with Gasteiger partial charge in [0.05, 0.1) is 21.7 Å². The van der Waals surface area contributed by atoms with E-state index in [2.05, 4.69) is 4.98 Å². The highest BCUT2D eigenvalue weighted by molar-refractivity contribution is 7.14. The Kier molecular flexibility index (Phi) is 4.41. The van der Waals surface area contributed by atoms with E-state index in [0.29, 0.717) is 32.0 Å². The molecule has 1 aromatic heterocycles. The molecule has 146 valence electrons. The van der Waals surface area contributed by atoms with E-state index < -0.39 is 5.41 Å². The van der Waals surface area contributed by atoms with Crippen LogP contribution in [0.5, 0.6) is 11.5 Å². The number of halogens is 1. The molecule has 1 aliphatic heterocycles. The Bertz CT molecular complexity index is 1140. The van der Waals surface area contributed by atoms with Crippen LogP contribution in [-0.4, -0.2) is 23.3 Å². The fraction of sp³-hybridized carbons (Fsp3) is 0.227. The molecule has 0 bridgehead atoms. The third-order valence-electron chi connectivity index (χ3n) is 5.42. The summed E-state index contributed by atoms with van der Waals surface area (Å²) >= 11 is 7.37. The number of Topliss-reactive ketones (excluding diaryl/α,β-unsaturated/α-hetero) is 1. The number of hydrogen-bond donors (Lipinski definition) is 0. The van der Waals surface area contributed by atoms with E-state index in [4.69, 9.17) is 21.1 Å². The summed E-state index contributed by atoms with van der Waals surface area (Å²) in [5.41, 5.74) is 0.907. The van der Waals surface area contributed by atoms with Gasteiger partial charge in [-0.15, -0.1) is 11.3 Å². The number of thiazole rings is 1. The van der Waals surface area contributed by atoms with Gasteiger partial charge in [-0.05, 0) is 42.7 Å². The van der Waals surface area contributed by atoms with Gasteiger partial charge < -0.3 is 9.47 Å². The zero-order valence-corrected chi connectivity index (χ0v) is 16.9. The molecular weight excluding hydrogens is 410 g/mol. The SMILES string of the molecule is O=C(c1cnc(CC(=O)C2(c3ccc4c(c3)OCO4)CC2)s1)c1ccccc1Cl. The van der Waals surface area contributed by atoms with Crippen molar-refractivity contribution in [1.82, 2.24) is 4.98 Å². The minimum Gasteiger partial charge on any atom is -0.454 e. The maximum absolute atomic E-state index is 13.1. The lowest BCUT2D eigenvalue weighted by molar-refractivity contribution is -0.120. The second-order valence-corrected chi connectivity index (χ2v) is 8.70. The molecule has 0 unspecified atom stereocenters. The number of carbonyl (C=O) groups is 2. The van der Waals surface area contributed by atoms with Crippen molar-refractivity contribution in [2.45, 2.75) is 24.7 Å².